The maximum atomic E-state index is 14.3. The fraction of sp³-hybridized carbons (Fsp3) is 0.500. The largest absolute Gasteiger partial charge is 0.378 e. The van der Waals surface area contributed by atoms with Crippen LogP contribution in [0.2, 0.25) is 0 Å². The third-order valence-electron chi connectivity index (χ3n) is 8.69. The average Bonchev–Trinajstić information content (AvgIpc) is 3.86. The first-order valence-corrected chi connectivity index (χ1v) is 15.6. The van der Waals surface area contributed by atoms with Crippen molar-refractivity contribution in [3.05, 3.63) is 58.7 Å². The van der Waals surface area contributed by atoms with E-state index in [1.807, 2.05) is 12.4 Å². The van der Waals surface area contributed by atoms with Crippen LogP contribution in [0.4, 0.5) is 28.9 Å². The van der Waals surface area contributed by atoms with Crippen molar-refractivity contribution in [2.75, 3.05) is 75.4 Å². The van der Waals surface area contributed by atoms with Crippen molar-refractivity contribution >= 4 is 23.2 Å². The molecule has 15 heteroatoms. The molecule has 4 saturated heterocycles. The Hall–Kier alpha value is -4.76. The predicted molar refractivity (Wildman–Crippen MR) is 163 cm³/mol. The second-order valence-electron chi connectivity index (χ2n) is 11.9. The minimum absolute atomic E-state index is 0.142. The van der Waals surface area contributed by atoms with E-state index in [-0.39, 0.29) is 34.6 Å². The van der Waals surface area contributed by atoms with Gasteiger partial charge in [-0.3, -0.25) is 9.59 Å². The van der Waals surface area contributed by atoms with Crippen LogP contribution in [0.5, 0.6) is 0 Å². The molecule has 0 unspecified atom stereocenters. The monoisotopic (exact) mass is 656 g/mol. The van der Waals surface area contributed by atoms with Gasteiger partial charge in [0.2, 0.25) is 0 Å². The molecule has 0 spiro atoms. The third-order valence-corrected chi connectivity index (χ3v) is 8.69. The molecular formula is C32H36F4N8O3. The van der Waals surface area contributed by atoms with Crippen molar-refractivity contribution in [2.45, 2.75) is 37.8 Å². The number of carbonyl (C=O) groups excluding carboxylic acids is 2. The van der Waals surface area contributed by atoms with E-state index in [2.05, 4.69) is 10.6 Å². The molecule has 4 aliphatic heterocycles. The van der Waals surface area contributed by atoms with E-state index in [0.717, 1.165) is 37.1 Å². The summed E-state index contributed by atoms with van der Waals surface area (Å²) in [6.45, 7) is 5.18. The number of anilines is 2. The van der Waals surface area contributed by atoms with Gasteiger partial charge in [-0.25, -0.2) is 17.6 Å². The normalized spacial score (nSPS) is 20.7. The number of halogens is 4. The molecule has 2 atom stereocenters. The van der Waals surface area contributed by atoms with Gasteiger partial charge in [0.05, 0.1) is 35.7 Å². The van der Waals surface area contributed by atoms with E-state index in [9.17, 15) is 27.2 Å². The Morgan fingerprint density at radius 2 is 1.09 bits per heavy atom. The van der Waals surface area contributed by atoms with E-state index in [1.165, 1.54) is 9.80 Å². The average molecular weight is 657 g/mol. The van der Waals surface area contributed by atoms with Gasteiger partial charge in [-0.05, 0) is 37.8 Å². The van der Waals surface area contributed by atoms with Crippen molar-refractivity contribution in [3.8, 4) is 12.4 Å². The van der Waals surface area contributed by atoms with E-state index in [0.29, 0.717) is 78.4 Å². The molecule has 6 rings (SSSR count). The number of carbonyl (C=O) groups is 2. The highest BCUT2D eigenvalue weighted by Gasteiger charge is 2.28. The molecule has 4 fully saturated rings. The van der Waals surface area contributed by atoms with E-state index < -0.39 is 35.1 Å². The molecule has 0 aliphatic carbocycles. The molecule has 0 radical (unpaired) electrons. The number of hydrogen-bond donors (Lipinski definition) is 2. The van der Waals surface area contributed by atoms with Crippen molar-refractivity contribution in [1.29, 1.82) is 10.5 Å². The molecule has 2 amide bonds. The van der Waals surface area contributed by atoms with Gasteiger partial charge in [-0.15, -0.1) is 0 Å². The summed E-state index contributed by atoms with van der Waals surface area (Å²) < 4.78 is 62.3. The van der Waals surface area contributed by atoms with E-state index >= 15 is 0 Å². The van der Waals surface area contributed by atoms with Crippen molar-refractivity contribution < 1.29 is 31.9 Å². The molecule has 2 aromatic carbocycles. The summed E-state index contributed by atoms with van der Waals surface area (Å²) in [4.78, 5) is 30.9. The summed E-state index contributed by atoms with van der Waals surface area (Å²) in [7, 11) is 0. The van der Waals surface area contributed by atoms with Crippen LogP contribution in [0.3, 0.4) is 0 Å². The highest BCUT2D eigenvalue weighted by Crippen LogP contribution is 2.27. The minimum atomic E-state index is -0.759. The smallest absolute Gasteiger partial charge is 0.254 e. The minimum Gasteiger partial charge on any atom is -0.378 e. The lowest BCUT2D eigenvalue weighted by Crippen LogP contribution is -2.38. The number of hydrogen-bond acceptors (Lipinski definition) is 9. The summed E-state index contributed by atoms with van der Waals surface area (Å²) in [5.74, 6) is -3.99. The first kappa shape index (κ1) is 33.6. The van der Waals surface area contributed by atoms with Crippen LogP contribution in [-0.2, 0) is 4.74 Å². The molecule has 0 saturated carbocycles. The molecule has 0 bridgehead atoms. The number of morpholine rings is 1. The van der Waals surface area contributed by atoms with Gasteiger partial charge < -0.3 is 35.0 Å². The number of rotatable bonds is 6. The van der Waals surface area contributed by atoms with Gasteiger partial charge in [0.1, 0.15) is 23.3 Å². The van der Waals surface area contributed by atoms with Gasteiger partial charge in [0.25, 0.3) is 11.8 Å². The van der Waals surface area contributed by atoms with Gasteiger partial charge in [-0.2, -0.15) is 10.5 Å². The zero-order valence-electron chi connectivity index (χ0n) is 25.8. The number of nitrogens with zero attached hydrogens (tertiary/aromatic N) is 6. The summed E-state index contributed by atoms with van der Waals surface area (Å²) in [6.07, 6.45) is 7.16. The quantitative estimate of drug-likeness (QED) is 0.357. The van der Waals surface area contributed by atoms with Crippen LogP contribution in [0.25, 0.3) is 0 Å². The van der Waals surface area contributed by atoms with Gasteiger partial charge in [-0.1, -0.05) is 0 Å². The third kappa shape index (κ3) is 8.16. The van der Waals surface area contributed by atoms with Gasteiger partial charge >= 0.3 is 0 Å². The number of benzene rings is 2. The highest BCUT2D eigenvalue weighted by atomic mass is 19.1. The van der Waals surface area contributed by atoms with Crippen LogP contribution in [-0.4, -0.2) is 99.3 Å². The maximum absolute atomic E-state index is 14.3. The number of ether oxygens (including phenoxy) is 1. The number of nitriles is 2. The Bertz CT molecular complexity index is 1550. The molecule has 11 nitrogen and oxygen atoms in total. The zero-order valence-corrected chi connectivity index (χ0v) is 25.8. The Labute approximate surface area is 270 Å². The molecule has 4 heterocycles. The highest BCUT2D eigenvalue weighted by molar-refractivity contribution is 5.95. The SMILES string of the molecule is N#CN1CC[C@@H](NC(=O)c2cc(F)c(N3CCCC3)cc2F)C1.N#CN1CC[C@@H](NC(=O)c2cc(F)c(N3CCOCC3)cc2F)C1. The Kier molecular flexibility index (Phi) is 10.9. The predicted octanol–water partition coefficient (Wildman–Crippen LogP) is 2.94. The lowest BCUT2D eigenvalue weighted by Gasteiger charge is -2.29. The summed E-state index contributed by atoms with van der Waals surface area (Å²) in [5.41, 5.74) is -0.252. The first-order chi connectivity index (χ1) is 22.7. The molecule has 2 aromatic rings. The second-order valence-corrected chi connectivity index (χ2v) is 11.9. The van der Waals surface area contributed by atoms with Gasteiger partial charge in [0.15, 0.2) is 12.4 Å². The second kappa shape index (κ2) is 15.2. The summed E-state index contributed by atoms with van der Waals surface area (Å²) in [5, 5.41) is 22.9. The van der Waals surface area contributed by atoms with Crippen LogP contribution in [0.1, 0.15) is 46.4 Å². The molecule has 250 valence electrons. The number of amides is 2. The van der Waals surface area contributed by atoms with Crippen molar-refractivity contribution in [1.82, 2.24) is 20.4 Å². The van der Waals surface area contributed by atoms with Crippen LogP contribution >= 0.6 is 0 Å². The Balaban J connectivity index is 0.000000185. The molecular weight excluding hydrogens is 620 g/mol. The lowest BCUT2D eigenvalue weighted by molar-refractivity contribution is 0.0925. The molecule has 0 aromatic heterocycles. The summed E-state index contributed by atoms with van der Waals surface area (Å²) >= 11 is 0. The number of nitrogens with one attached hydrogen (secondary N) is 2. The van der Waals surface area contributed by atoms with E-state index in [1.54, 1.807) is 9.80 Å². The molecule has 4 aliphatic rings. The van der Waals surface area contributed by atoms with Crippen molar-refractivity contribution in [2.24, 2.45) is 0 Å². The first-order valence-electron chi connectivity index (χ1n) is 15.6. The Morgan fingerprint density at radius 1 is 0.660 bits per heavy atom. The summed E-state index contributed by atoms with van der Waals surface area (Å²) in [6, 6.07) is 3.61. The van der Waals surface area contributed by atoms with Crippen molar-refractivity contribution in [3.63, 3.8) is 0 Å². The molecule has 2 N–H and O–H groups in total. The van der Waals surface area contributed by atoms with Crippen LogP contribution < -0.4 is 20.4 Å². The van der Waals surface area contributed by atoms with Crippen LogP contribution in [0.15, 0.2) is 24.3 Å². The standard InChI is InChI=1S/C16H18F2N4O2.C16H18F2N4O/c17-13-8-15(22-3-5-24-6-4-22)14(18)7-12(13)16(23)20-11-1-2-21(9-11)10-19;17-13-8-15(22-4-1-2-5-22)14(18)7-12(13)16(23)20-11-3-6-21(9-11)10-19/h7-8,11H,1-6,9H2,(H,20,23);7-8,11H,1-6,9H2,(H,20,23)/t2*11-/m11/s1. The zero-order chi connectivity index (χ0) is 33.5. The van der Waals surface area contributed by atoms with Crippen LogP contribution in [0, 0.1) is 46.2 Å². The fourth-order valence-corrected chi connectivity index (χ4v) is 6.13. The maximum Gasteiger partial charge on any atom is 0.254 e. The topological polar surface area (TPSA) is 128 Å². The number of likely N-dealkylation sites (tertiary alicyclic amines) is 2. The van der Waals surface area contributed by atoms with E-state index in [4.69, 9.17) is 15.3 Å². The van der Waals surface area contributed by atoms with Gasteiger partial charge in [0, 0.05) is 76.6 Å². The fourth-order valence-electron chi connectivity index (χ4n) is 6.13. The molecule has 47 heavy (non-hydrogen) atoms. The Morgan fingerprint density at radius 3 is 1.49 bits per heavy atom. The lowest BCUT2D eigenvalue weighted by atomic mass is 10.1.